The standard InChI is InChI=1S/C27H39ClN4O2/c1-3-5-14-29-27(33)30-25-21-22(7-4-2)8-13-26(25)34-20-6-15-31-16-18-32(19-17-31)24-11-9-23(28)10-12-24/h8-13,21H,3-7,14-20H2,1-2H3,(H2,29,30,33). The molecule has 6 nitrogen and oxygen atoms in total. The molecule has 1 fully saturated rings. The van der Waals surface area contributed by atoms with Crippen molar-refractivity contribution >= 4 is 29.0 Å². The minimum atomic E-state index is -0.175. The molecule has 1 saturated heterocycles. The third kappa shape index (κ3) is 8.41. The molecule has 34 heavy (non-hydrogen) atoms. The Labute approximate surface area is 209 Å². The molecule has 0 unspecified atom stereocenters. The SMILES string of the molecule is CCCCNC(=O)Nc1cc(CCC)ccc1OCCCN1CCN(c2ccc(Cl)cc2)CC1. The molecule has 1 aliphatic rings. The fourth-order valence-electron chi connectivity index (χ4n) is 4.14. The predicted molar refractivity (Wildman–Crippen MR) is 143 cm³/mol. The molecule has 2 amide bonds. The number of benzene rings is 2. The van der Waals surface area contributed by atoms with E-state index in [0.717, 1.165) is 81.3 Å². The second-order valence-corrected chi connectivity index (χ2v) is 9.26. The zero-order valence-electron chi connectivity index (χ0n) is 20.6. The van der Waals surface area contributed by atoms with E-state index in [2.05, 4.69) is 52.5 Å². The number of piperazine rings is 1. The van der Waals surface area contributed by atoms with Crippen LogP contribution in [-0.2, 0) is 6.42 Å². The number of anilines is 2. The first-order chi connectivity index (χ1) is 16.6. The van der Waals surface area contributed by atoms with Crippen LogP contribution >= 0.6 is 11.6 Å². The average Bonchev–Trinajstić information content (AvgIpc) is 2.84. The quantitative estimate of drug-likeness (QED) is 0.372. The molecule has 2 N–H and O–H groups in total. The van der Waals surface area contributed by atoms with Crippen molar-refractivity contribution in [3.8, 4) is 5.75 Å². The Morgan fingerprint density at radius 3 is 2.47 bits per heavy atom. The molecule has 1 heterocycles. The lowest BCUT2D eigenvalue weighted by atomic mass is 10.1. The van der Waals surface area contributed by atoms with Gasteiger partial charge in [-0.1, -0.05) is 44.4 Å². The van der Waals surface area contributed by atoms with Gasteiger partial charge in [0.2, 0.25) is 0 Å². The van der Waals surface area contributed by atoms with E-state index in [1.54, 1.807) is 0 Å². The molecule has 0 aromatic heterocycles. The van der Waals surface area contributed by atoms with Gasteiger partial charge >= 0.3 is 6.03 Å². The van der Waals surface area contributed by atoms with Crippen LogP contribution in [0.4, 0.5) is 16.2 Å². The number of rotatable bonds is 12. The Balaban J connectivity index is 1.44. The van der Waals surface area contributed by atoms with Crippen LogP contribution < -0.4 is 20.3 Å². The van der Waals surface area contributed by atoms with Crippen LogP contribution in [0.15, 0.2) is 42.5 Å². The molecule has 7 heteroatoms. The number of urea groups is 1. The number of unbranched alkanes of at least 4 members (excludes halogenated alkanes) is 1. The van der Waals surface area contributed by atoms with Crippen LogP contribution in [0, 0.1) is 0 Å². The zero-order valence-corrected chi connectivity index (χ0v) is 21.4. The summed E-state index contributed by atoms with van der Waals surface area (Å²) in [5, 5.41) is 6.68. The third-order valence-corrected chi connectivity index (χ3v) is 6.34. The number of nitrogens with zero attached hydrogens (tertiary/aromatic N) is 2. The number of carbonyl (C=O) groups is 1. The van der Waals surface area contributed by atoms with Gasteiger partial charge in [-0.2, -0.15) is 0 Å². The van der Waals surface area contributed by atoms with Gasteiger partial charge in [0.15, 0.2) is 0 Å². The van der Waals surface area contributed by atoms with E-state index in [1.165, 1.54) is 11.3 Å². The van der Waals surface area contributed by atoms with Crippen LogP contribution in [-0.4, -0.2) is 56.8 Å². The lowest BCUT2D eigenvalue weighted by molar-refractivity contribution is 0.225. The van der Waals surface area contributed by atoms with Gasteiger partial charge in [-0.3, -0.25) is 4.90 Å². The summed E-state index contributed by atoms with van der Waals surface area (Å²) < 4.78 is 6.10. The monoisotopic (exact) mass is 486 g/mol. The van der Waals surface area contributed by atoms with E-state index in [-0.39, 0.29) is 6.03 Å². The number of ether oxygens (including phenoxy) is 1. The summed E-state index contributed by atoms with van der Waals surface area (Å²) in [5.41, 5.74) is 3.19. The highest BCUT2D eigenvalue weighted by molar-refractivity contribution is 6.30. The van der Waals surface area contributed by atoms with Crippen molar-refractivity contribution in [1.82, 2.24) is 10.2 Å². The summed E-state index contributed by atoms with van der Waals surface area (Å²) in [6.45, 7) is 10.7. The molecule has 0 atom stereocenters. The van der Waals surface area contributed by atoms with Crippen molar-refractivity contribution in [2.45, 2.75) is 46.0 Å². The van der Waals surface area contributed by atoms with Gasteiger partial charge in [0, 0.05) is 50.0 Å². The lowest BCUT2D eigenvalue weighted by Crippen LogP contribution is -2.46. The molecule has 0 aliphatic carbocycles. The van der Waals surface area contributed by atoms with E-state index >= 15 is 0 Å². The summed E-state index contributed by atoms with van der Waals surface area (Å²) in [4.78, 5) is 17.2. The van der Waals surface area contributed by atoms with Crippen molar-refractivity contribution in [2.75, 3.05) is 56.1 Å². The second kappa shape index (κ2) is 14.1. The van der Waals surface area contributed by atoms with Crippen LogP contribution in [0.3, 0.4) is 0 Å². The number of halogens is 1. The Kier molecular flexibility index (Phi) is 10.8. The van der Waals surface area contributed by atoms with Crippen molar-refractivity contribution in [1.29, 1.82) is 0 Å². The molecule has 2 aromatic carbocycles. The number of hydrogen-bond donors (Lipinski definition) is 2. The molecule has 2 aromatic rings. The van der Waals surface area contributed by atoms with E-state index in [4.69, 9.17) is 16.3 Å². The molecular formula is C27H39ClN4O2. The lowest BCUT2D eigenvalue weighted by Gasteiger charge is -2.36. The molecular weight excluding hydrogens is 448 g/mol. The number of amides is 2. The summed E-state index contributed by atoms with van der Waals surface area (Å²) in [5.74, 6) is 0.734. The third-order valence-electron chi connectivity index (χ3n) is 6.09. The first-order valence-corrected chi connectivity index (χ1v) is 13.0. The fraction of sp³-hybridized carbons (Fsp3) is 0.519. The van der Waals surface area contributed by atoms with E-state index in [9.17, 15) is 4.79 Å². The van der Waals surface area contributed by atoms with Gasteiger partial charge in [0.05, 0.1) is 12.3 Å². The summed E-state index contributed by atoms with van der Waals surface area (Å²) in [7, 11) is 0. The minimum absolute atomic E-state index is 0.175. The Hall–Kier alpha value is -2.44. The number of hydrogen-bond acceptors (Lipinski definition) is 4. The smallest absolute Gasteiger partial charge is 0.319 e. The largest absolute Gasteiger partial charge is 0.491 e. The fourth-order valence-corrected chi connectivity index (χ4v) is 4.27. The topological polar surface area (TPSA) is 56.8 Å². The molecule has 0 radical (unpaired) electrons. The molecule has 3 rings (SSSR count). The summed E-state index contributed by atoms with van der Waals surface area (Å²) in [6.07, 6.45) is 5.01. The van der Waals surface area contributed by atoms with Crippen LogP contribution in [0.2, 0.25) is 5.02 Å². The molecule has 1 aliphatic heterocycles. The highest BCUT2D eigenvalue weighted by Crippen LogP contribution is 2.27. The highest BCUT2D eigenvalue weighted by Gasteiger charge is 2.17. The second-order valence-electron chi connectivity index (χ2n) is 8.82. The van der Waals surface area contributed by atoms with Gasteiger partial charge in [-0.05, 0) is 61.2 Å². The van der Waals surface area contributed by atoms with Crippen molar-refractivity contribution in [3.05, 3.63) is 53.1 Å². The molecule has 0 spiro atoms. The van der Waals surface area contributed by atoms with Crippen LogP contribution in [0.5, 0.6) is 5.75 Å². The number of aryl methyl sites for hydroxylation is 1. The first-order valence-electron chi connectivity index (χ1n) is 12.6. The Morgan fingerprint density at radius 2 is 1.76 bits per heavy atom. The maximum absolute atomic E-state index is 12.3. The van der Waals surface area contributed by atoms with Crippen LogP contribution in [0.25, 0.3) is 0 Å². The Morgan fingerprint density at radius 1 is 1.00 bits per heavy atom. The maximum atomic E-state index is 12.3. The molecule has 0 bridgehead atoms. The van der Waals surface area contributed by atoms with Gasteiger partial charge in [-0.15, -0.1) is 0 Å². The highest BCUT2D eigenvalue weighted by atomic mass is 35.5. The predicted octanol–water partition coefficient (Wildman–Crippen LogP) is 5.81. The minimum Gasteiger partial charge on any atom is -0.491 e. The van der Waals surface area contributed by atoms with Gasteiger partial charge < -0.3 is 20.3 Å². The first kappa shape index (κ1) is 26.2. The van der Waals surface area contributed by atoms with Gasteiger partial charge in [0.25, 0.3) is 0 Å². The van der Waals surface area contributed by atoms with Crippen LogP contribution in [0.1, 0.15) is 45.1 Å². The number of carbonyl (C=O) groups excluding carboxylic acids is 1. The Bertz CT molecular complexity index is 883. The summed E-state index contributed by atoms with van der Waals surface area (Å²) >= 11 is 6.01. The number of nitrogens with one attached hydrogen (secondary N) is 2. The van der Waals surface area contributed by atoms with E-state index < -0.39 is 0 Å². The maximum Gasteiger partial charge on any atom is 0.319 e. The average molecular weight is 487 g/mol. The van der Waals surface area contributed by atoms with E-state index in [0.29, 0.717) is 13.2 Å². The van der Waals surface area contributed by atoms with Crippen molar-refractivity contribution < 1.29 is 9.53 Å². The summed E-state index contributed by atoms with van der Waals surface area (Å²) in [6, 6.07) is 14.0. The zero-order chi connectivity index (χ0) is 24.2. The van der Waals surface area contributed by atoms with E-state index in [1.807, 2.05) is 24.3 Å². The normalized spacial score (nSPS) is 14.1. The van der Waals surface area contributed by atoms with Crippen molar-refractivity contribution in [3.63, 3.8) is 0 Å². The van der Waals surface area contributed by atoms with Gasteiger partial charge in [0.1, 0.15) is 5.75 Å². The van der Waals surface area contributed by atoms with Gasteiger partial charge in [-0.25, -0.2) is 4.79 Å². The molecule has 186 valence electrons. The van der Waals surface area contributed by atoms with Crippen molar-refractivity contribution in [2.24, 2.45) is 0 Å². The molecule has 0 saturated carbocycles.